The number of amides is 2. The second kappa shape index (κ2) is 5.45. The Morgan fingerprint density at radius 3 is 1.90 bits per heavy atom. The third kappa shape index (κ3) is 1.89. The summed E-state index contributed by atoms with van der Waals surface area (Å²) in [6, 6.07) is 18.5. The van der Waals surface area contributed by atoms with E-state index < -0.39 is 0 Å². The highest BCUT2D eigenvalue weighted by molar-refractivity contribution is 6.14. The van der Waals surface area contributed by atoms with Crippen LogP contribution in [-0.4, -0.2) is 23.0 Å². The van der Waals surface area contributed by atoms with E-state index in [1.54, 1.807) is 6.21 Å². The molecule has 3 fully saturated rings. The van der Waals surface area contributed by atoms with Gasteiger partial charge in [-0.2, -0.15) is 10.1 Å². The lowest BCUT2D eigenvalue weighted by Gasteiger charge is -2.18. The first-order chi connectivity index (χ1) is 14.7. The molecule has 146 valence electrons. The summed E-state index contributed by atoms with van der Waals surface area (Å²) in [7, 11) is 0. The van der Waals surface area contributed by atoms with Gasteiger partial charge in [0, 0.05) is 5.56 Å². The lowest BCUT2D eigenvalue weighted by molar-refractivity contribution is -0.141. The second-order valence-electron chi connectivity index (χ2n) is 9.19. The summed E-state index contributed by atoms with van der Waals surface area (Å²) in [4.78, 5) is 26.4. The molecule has 1 saturated heterocycles. The van der Waals surface area contributed by atoms with E-state index in [1.807, 2.05) is 24.3 Å². The highest BCUT2D eigenvalue weighted by Crippen LogP contribution is 2.73. The Bertz CT molecular complexity index is 1250. The predicted molar refractivity (Wildman–Crippen MR) is 116 cm³/mol. The van der Waals surface area contributed by atoms with Gasteiger partial charge in [-0.3, -0.25) is 9.59 Å². The van der Waals surface area contributed by atoms with Gasteiger partial charge in [0.25, 0.3) is 11.8 Å². The molecule has 4 aliphatic rings. The summed E-state index contributed by atoms with van der Waals surface area (Å²) >= 11 is 0. The number of hydrazone groups is 1. The third-order valence-electron chi connectivity index (χ3n) is 7.94. The summed E-state index contributed by atoms with van der Waals surface area (Å²) in [5.41, 5.74) is 1.16. The molecule has 0 N–H and O–H groups in total. The lowest BCUT2D eigenvalue weighted by atomic mass is 9.85. The molecule has 2 bridgehead atoms. The van der Waals surface area contributed by atoms with Gasteiger partial charge >= 0.3 is 0 Å². The summed E-state index contributed by atoms with van der Waals surface area (Å²) in [6.45, 7) is 0. The molecule has 30 heavy (non-hydrogen) atoms. The Hall–Kier alpha value is -3.27. The van der Waals surface area contributed by atoms with Gasteiger partial charge in [0.2, 0.25) is 0 Å². The molecule has 1 aliphatic heterocycles. The van der Waals surface area contributed by atoms with Crippen LogP contribution in [-0.2, 0) is 9.59 Å². The van der Waals surface area contributed by atoms with Crippen molar-refractivity contribution in [2.75, 3.05) is 0 Å². The quantitative estimate of drug-likeness (QED) is 0.279. The molecule has 0 radical (unpaired) electrons. The van der Waals surface area contributed by atoms with E-state index in [9.17, 15) is 9.59 Å². The summed E-state index contributed by atoms with van der Waals surface area (Å²) in [5, 5.41) is 10.0. The fraction of sp³-hybridized carbons (Fsp3) is 0.269. The van der Waals surface area contributed by atoms with E-state index in [1.165, 1.54) is 0 Å². The number of rotatable bonds is 2. The number of carbonyl (C=O) groups is 2. The van der Waals surface area contributed by atoms with Crippen LogP contribution in [0.2, 0.25) is 0 Å². The van der Waals surface area contributed by atoms with Crippen LogP contribution in [0.5, 0.6) is 0 Å². The smallest absolute Gasteiger partial charge is 0.254 e. The number of benzene rings is 3. The van der Waals surface area contributed by atoms with E-state index in [0.717, 1.165) is 45.0 Å². The number of fused-ring (bicyclic) bond motifs is 5. The molecule has 3 aliphatic carbocycles. The van der Waals surface area contributed by atoms with Crippen molar-refractivity contribution < 1.29 is 9.59 Å². The Kier molecular flexibility index (Phi) is 3.00. The molecule has 4 atom stereocenters. The molecule has 3 aromatic carbocycles. The number of nitrogens with zero attached hydrogens (tertiary/aromatic N) is 2. The summed E-state index contributed by atoms with van der Waals surface area (Å²) < 4.78 is 0. The predicted octanol–water partition coefficient (Wildman–Crippen LogP) is 4.52. The van der Waals surface area contributed by atoms with Crippen LogP contribution in [0.25, 0.3) is 21.5 Å². The van der Waals surface area contributed by atoms with Crippen LogP contribution < -0.4 is 0 Å². The minimum atomic E-state index is -0.212. The van der Waals surface area contributed by atoms with Gasteiger partial charge < -0.3 is 0 Å². The molecule has 2 saturated carbocycles. The van der Waals surface area contributed by atoms with Crippen LogP contribution in [0.3, 0.4) is 0 Å². The average Bonchev–Trinajstić information content (AvgIpc) is 3.37. The highest BCUT2D eigenvalue weighted by atomic mass is 16.2. The van der Waals surface area contributed by atoms with Crippen LogP contribution in [0, 0.1) is 29.1 Å². The molecular weight excluding hydrogens is 372 g/mol. The van der Waals surface area contributed by atoms with Gasteiger partial charge in [0.15, 0.2) is 0 Å². The van der Waals surface area contributed by atoms with Gasteiger partial charge in [-0.05, 0) is 57.7 Å². The molecule has 4 unspecified atom stereocenters. The summed E-state index contributed by atoms with van der Waals surface area (Å²) in [6.07, 6.45) is 8.39. The maximum Gasteiger partial charge on any atom is 0.254 e. The van der Waals surface area contributed by atoms with E-state index in [-0.39, 0.29) is 40.9 Å². The first-order valence-corrected chi connectivity index (χ1v) is 10.7. The molecule has 2 amide bonds. The van der Waals surface area contributed by atoms with E-state index in [2.05, 4.69) is 47.6 Å². The number of hydrogen-bond donors (Lipinski definition) is 0. The zero-order valence-corrected chi connectivity index (χ0v) is 16.4. The molecule has 4 heteroatoms. The first-order valence-electron chi connectivity index (χ1n) is 10.7. The van der Waals surface area contributed by atoms with Crippen molar-refractivity contribution >= 4 is 39.6 Å². The van der Waals surface area contributed by atoms with E-state index in [0.29, 0.717) is 0 Å². The zero-order valence-electron chi connectivity index (χ0n) is 16.4. The Morgan fingerprint density at radius 1 is 0.833 bits per heavy atom. The number of allylic oxidation sites excluding steroid dienone is 2. The first kappa shape index (κ1) is 16.5. The number of carbonyl (C=O) groups excluding carboxylic acids is 2. The Balaban J connectivity index is 1.32. The average molecular weight is 392 g/mol. The molecule has 0 aromatic heterocycles. The van der Waals surface area contributed by atoms with Crippen molar-refractivity contribution in [3.8, 4) is 0 Å². The van der Waals surface area contributed by atoms with Crippen LogP contribution >= 0.6 is 0 Å². The monoisotopic (exact) mass is 392 g/mol. The minimum absolute atomic E-state index is 0.117. The van der Waals surface area contributed by atoms with E-state index in [4.69, 9.17) is 0 Å². The van der Waals surface area contributed by atoms with Crippen molar-refractivity contribution in [2.45, 2.75) is 12.8 Å². The maximum absolute atomic E-state index is 13.2. The summed E-state index contributed by atoms with van der Waals surface area (Å²) in [5.74, 6) is -0.208. The van der Waals surface area contributed by atoms with Crippen molar-refractivity contribution in [3.05, 3.63) is 72.3 Å². The van der Waals surface area contributed by atoms with Crippen molar-refractivity contribution in [2.24, 2.45) is 34.2 Å². The molecule has 3 aromatic rings. The van der Waals surface area contributed by atoms with E-state index >= 15 is 0 Å². The highest BCUT2D eigenvalue weighted by Gasteiger charge is 2.73. The fourth-order valence-corrected chi connectivity index (χ4v) is 6.48. The van der Waals surface area contributed by atoms with Gasteiger partial charge in [0.05, 0.1) is 18.1 Å². The topological polar surface area (TPSA) is 49.7 Å². The second-order valence-corrected chi connectivity index (χ2v) is 9.19. The molecular formula is C26H20N2O2. The fourth-order valence-electron chi connectivity index (χ4n) is 6.48. The van der Waals surface area contributed by atoms with Gasteiger partial charge in [0.1, 0.15) is 0 Å². The number of hydrogen-bond acceptors (Lipinski definition) is 3. The van der Waals surface area contributed by atoms with Crippen LogP contribution in [0.4, 0.5) is 0 Å². The van der Waals surface area contributed by atoms with Crippen molar-refractivity contribution in [1.29, 1.82) is 0 Å². The number of imide groups is 1. The van der Waals surface area contributed by atoms with Gasteiger partial charge in [-0.1, -0.05) is 60.7 Å². The van der Waals surface area contributed by atoms with Gasteiger partial charge in [-0.25, -0.2) is 0 Å². The van der Waals surface area contributed by atoms with Crippen LogP contribution in [0.1, 0.15) is 18.4 Å². The molecule has 1 heterocycles. The SMILES string of the molecule is O=C1C2C(C(=O)N1N=Cc1c3ccccc3cc3ccccc13)C1C=CC2C12CC2. The standard InChI is InChI=1S/C26H20N2O2/c29-24-22-20-9-10-21(26(20)11-12-26)23(22)25(30)28(24)27-14-19-17-7-3-1-5-15(17)13-16-6-2-4-8-18(16)19/h1-10,13-14,20-23H,11-12H2. The maximum atomic E-state index is 13.2. The molecule has 1 spiro atoms. The van der Waals surface area contributed by atoms with Crippen molar-refractivity contribution in [1.82, 2.24) is 5.01 Å². The Morgan fingerprint density at radius 2 is 1.37 bits per heavy atom. The lowest BCUT2D eigenvalue weighted by Crippen LogP contribution is -2.30. The normalized spacial score (nSPS) is 30.5. The third-order valence-corrected chi connectivity index (χ3v) is 7.94. The molecule has 4 nitrogen and oxygen atoms in total. The Labute approximate surface area is 173 Å². The largest absolute Gasteiger partial charge is 0.272 e. The zero-order chi connectivity index (χ0) is 20.0. The minimum Gasteiger partial charge on any atom is -0.272 e. The molecule has 7 rings (SSSR count). The van der Waals surface area contributed by atoms with Crippen molar-refractivity contribution in [3.63, 3.8) is 0 Å². The van der Waals surface area contributed by atoms with Gasteiger partial charge in [-0.15, -0.1) is 0 Å². The van der Waals surface area contributed by atoms with Crippen LogP contribution in [0.15, 0.2) is 71.9 Å².